The SMILES string of the molecule is Cc1cccc(S(=O)(=O)NC2(C(N)=S)CCCC2)c1. The number of aryl methyl sites for hydroxylation is 1. The van der Waals surface area contributed by atoms with Crippen LogP contribution in [0.2, 0.25) is 0 Å². The van der Waals surface area contributed by atoms with Crippen molar-refractivity contribution in [3.63, 3.8) is 0 Å². The number of hydrogen-bond acceptors (Lipinski definition) is 3. The van der Waals surface area contributed by atoms with Crippen LogP contribution in [-0.2, 0) is 10.0 Å². The van der Waals surface area contributed by atoms with E-state index in [0.29, 0.717) is 12.8 Å². The third-order valence-electron chi connectivity index (χ3n) is 3.56. The Bertz CT molecular complexity index is 590. The average molecular weight is 298 g/mol. The lowest BCUT2D eigenvalue weighted by molar-refractivity contribution is 0.503. The summed E-state index contributed by atoms with van der Waals surface area (Å²) < 4.78 is 27.6. The lowest BCUT2D eigenvalue weighted by Gasteiger charge is -2.28. The van der Waals surface area contributed by atoms with Gasteiger partial charge in [-0.2, -0.15) is 4.72 Å². The van der Waals surface area contributed by atoms with E-state index in [2.05, 4.69) is 4.72 Å². The van der Waals surface area contributed by atoms with Gasteiger partial charge in [-0.15, -0.1) is 0 Å². The maximum Gasteiger partial charge on any atom is 0.241 e. The number of nitrogens with one attached hydrogen (secondary N) is 1. The minimum absolute atomic E-state index is 0.237. The first-order valence-electron chi connectivity index (χ1n) is 6.26. The molecule has 0 spiro atoms. The molecule has 1 aromatic rings. The standard InChI is InChI=1S/C13H18N2O2S2/c1-10-5-4-6-11(9-10)19(16,17)15-13(12(14)18)7-2-3-8-13/h4-6,9,15H,2-3,7-8H2,1H3,(H2,14,18). The van der Waals surface area contributed by atoms with Gasteiger partial charge in [-0.05, 0) is 37.5 Å². The molecule has 0 aromatic heterocycles. The number of nitrogens with two attached hydrogens (primary N) is 1. The van der Waals surface area contributed by atoms with Crippen LogP contribution in [0, 0.1) is 6.92 Å². The fraction of sp³-hybridized carbons (Fsp3) is 0.462. The maximum atomic E-state index is 12.4. The Morgan fingerprint density at radius 1 is 1.37 bits per heavy atom. The van der Waals surface area contributed by atoms with Crippen LogP contribution in [0.25, 0.3) is 0 Å². The molecule has 4 nitrogen and oxygen atoms in total. The first-order chi connectivity index (χ1) is 8.86. The minimum atomic E-state index is -3.59. The predicted octanol–water partition coefficient (Wildman–Crippen LogP) is 1.87. The summed E-state index contributed by atoms with van der Waals surface area (Å²) >= 11 is 5.06. The van der Waals surface area contributed by atoms with Gasteiger partial charge in [0.25, 0.3) is 0 Å². The second kappa shape index (κ2) is 5.19. The second-order valence-electron chi connectivity index (χ2n) is 5.08. The highest BCUT2D eigenvalue weighted by molar-refractivity contribution is 7.89. The van der Waals surface area contributed by atoms with Crippen LogP contribution >= 0.6 is 12.2 Å². The molecule has 2 rings (SSSR count). The molecule has 0 bridgehead atoms. The molecule has 3 N–H and O–H groups in total. The molecule has 0 aliphatic heterocycles. The van der Waals surface area contributed by atoms with Crippen LogP contribution in [0.4, 0.5) is 0 Å². The Balaban J connectivity index is 2.33. The molecule has 0 unspecified atom stereocenters. The summed E-state index contributed by atoms with van der Waals surface area (Å²) in [4.78, 5) is 0.497. The molecule has 1 aliphatic carbocycles. The van der Waals surface area contributed by atoms with Gasteiger partial charge in [-0.3, -0.25) is 0 Å². The van der Waals surface area contributed by atoms with Gasteiger partial charge >= 0.3 is 0 Å². The summed E-state index contributed by atoms with van der Waals surface area (Å²) in [5, 5.41) is 0. The van der Waals surface area contributed by atoms with Gasteiger partial charge in [0, 0.05) is 0 Å². The smallest absolute Gasteiger partial charge is 0.241 e. The number of thiocarbonyl (C=S) groups is 1. The van der Waals surface area contributed by atoms with Crippen LogP contribution in [0.1, 0.15) is 31.2 Å². The highest BCUT2D eigenvalue weighted by Crippen LogP contribution is 2.31. The van der Waals surface area contributed by atoms with Gasteiger partial charge in [-0.25, -0.2) is 8.42 Å². The van der Waals surface area contributed by atoms with Gasteiger partial charge in [0.15, 0.2) is 0 Å². The Hall–Kier alpha value is -0.980. The largest absolute Gasteiger partial charge is 0.392 e. The summed E-state index contributed by atoms with van der Waals surface area (Å²) in [5.41, 5.74) is 5.90. The van der Waals surface area contributed by atoms with Crippen LogP contribution in [0.5, 0.6) is 0 Å². The zero-order valence-corrected chi connectivity index (χ0v) is 12.5. The number of sulfonamides is 1. The molecule has 6 heteroatoms. The Morgan fingerprint density at radius 3 is 2.53 bits per heavy atom. The summed E-state index contributed by atoms with van der Waals surface area (Å²) in [7, 11) is -3.59. The average Bonchev–Trinajstić information content (AvgIpc) is 2.78. The van der Waals surface area contributed by atoms with Crippen molar-refractivity contribution >= 4 is 27.2 Å². The van der Waals surface area contributed by atoms with Crippen molar-refractivity contribution in [3.8, 4) is 0 Å². The molecule has 104 valence electrons. The molecular formula is C13H18N2O2S2. The summed E-state index contributed by atoms with van der Waals surface area (Å²) in [6, 6.07) is 6.81. The monoisotopic (exact) mass is 298 g/mol. The van der Waals surface area contributed by atoms with E-state index in [4.69, 9.17) is 18.0 Å². The fourth-order valence-electron chi connectivity index (χ4n) is 2.48. The summed E-state index contributed by atoms with van der Waals surface area (Å²) in [6.45, 7) is 1.86. The topological polar surface area (TPSA) is 72.2 Å². The van der Waals surface area contributed by atoms with Gasteiger partial charge in [0.05, 0.1) is 15.4 Å². The molecule has 1 aliphatic rings. The lowest BCUT2D eigenvalue weighted by atomic mass is 10.00. The molecule has 19 heavy (non-hydrogen) atoms. The van der Waals surface area contributed by atoms with Crippen LogP contribution in [0.15, 0.2) is 29.2 Å². The van der Waals surface area contributed by atoms with E-state index < -0.39 is 15.6 Å². The van der Waals surface area contributed by atoms with Gasteiger partial charge < -0.3 is 5.73 Å². The van der Waals surface area contributed by atoms with E-state index in [1.54, 1.807) is 18.2 Å². The summed E-state index contributed by atoms with van der Waals surface area (Å²) in [6.07, 6.45) is 3.22. The highest BCUT2D eigenvalue weighted by atomic mass is 32.2. The van der Waals surface area contributed by atoms with E-state index in [9.17, 15) is 8.42 Å². The Kier molecular flexibility index (Phi) is 3.94. The van der Waals surface area contributed by atoms with Crippen LogP contribution < -0.4 is 10.5 Å². The number of hydrogen-bond donors (Lipinski definition) is 2. The molecule has 0 amide bonds. The van der Waals surface area contributed by atoms with Gasteiger partial charge in [0.2, 0.25) is 10.0 Å². The van der Waals surface area contributed by atoms with E-state index in [1.165, 1.54) is 0 Å². The molecule has 0 radical (unpaired) electrons. The van der Waals surface area contributed by atoms with Crippen LogP contribution in [-0.4, -0.2) is 18.9 Å². The third-order valence-corrected chi connectivity index (χ3v) is 5.48. The van der Waals surface area contributed by atoms with Crippen molar-refractivity contribution in [1.29, 1.82) is 0 Å². The second-order valence-corrected chi connectivity index (χ2v) is 7.20. The fourth-order valence-corrected chi connectivity index (χ4v) is 4.34. The highest BCUT2D eigenvalue weighted by Gasteiger charge is 2.40. The zero-order valence-electron chi connectivity index (χ0n) is 10.8. The maximum absolute atomic E-state index is 12.4. The first-order valence-corrected chi connectivity index (χ1v) is 8.15. The Morgan fingerprint density at radius 2 is 2.00 bits per heavy atom. The minimum Gasteiger partial charge on any atom is -0.392 e. The lowest BCUT2D eigenvalue weighted by Crippen LogP contribution is -2.54. The molecule has 1 fully saturated rings. The molecule has 1 aromatic carbocycles. The van der Waals surface area contributed by atoms with Crippen molar-refractivity contribution in [1.82, 2.24) is 4.72 Å². The zero-order chi connectivity index (χ0) is 14.1. The molecular weight excluding hydrogens is 280 g/mol. The third kappa shape index (κ3) is 2.96. The molecule has 0 atom stereocenters. The van der Waals surface area contributed by atoms with E-state index in [-0.39, 0.29) is 9.88 Å². The van der Waals surface area contributed by atoms with E-state index in [0.717, 1.165) is 18.4 Å². The van der Waals surface area contributed by atoms with Crippen molar-refractivity contribution in [2.24, 2.45) is 5.73 Å². The van der Waals surface area contributed by atoms with Gasteiger partial charge in [0.1, 0.15) is 0 Å². The van der Waals surface area contributed by atoms with E-state index in [1.807, 2.05) is 13.0 Å². The molecule has 1 saturated carbocycles. The summed E-state index contributed by atoms with van der Waals surface area (Å²) in [5.74, 6) is 0. The quantitative estimate of drug-likeness (QED) is 0.832. The van der Waals surface area contributed by atoms with Crippen molar-refractivity contribution < 1.29 is 8.42 Å². The van der Waals surface area contributed by atoms with Crippen molar-refractivity contribution in [2.75, 3.05) is 0 Å². The Labute approximate surface area is 119 Å². The predicted molar refractivity (Wildman–Crippen MR) is 79.5 cm³/mol. The first kappa shape index (κ1) is 14.4. The normalized spacial score (nSPS) is 18.4. The van der Waals surface area contributed by atoms with Crippen molar-refractivity contribution in [2.45, 2.75) is 43.0 Å². The number of rotatable bonds is 4. The van der Waals surface area contributed by atoms with Gasteiger partial charge in [-0.1, -0.05) is 37.2 Å². The molecule has 0 heterocycles. The number of benzene rings is 1. The van der Waals surface area contributed by atoms with E-state index >= 15 is 0 Å². The van der Waals surface area contributed by atoms with Crippen LogP contribution in [0.3, 0.4) is 0 Å². The molecule has 0 saturated heterocycles. The van der Waals surface area contributed by atoms with Crippen molar-refractivity contribution in [3.05, 3.63) is 29.8 Å².